The monoisotopic (exact) mass is 297 g/mol. The smallest absolute Gasteiger partial charge is 0.129 e. The van der Waals surface area contributed by atoms with Crippen LogP contribution in [0.1, 0.15) is 38.7 Å². The van der Waals surface area contributed by atoms with E-state index in [1.165, 1.54) is 24.6 Å². The first-order valence-corrected chi connectivity index (χ1v) is 7.61. The van der Waals surface area contributed by atoms with Gasteiger partial charge in [0.15, 0.2) is 0 Å². The Morgan fingerprint density at radius 3 is 2.29 bits per heavy atom. The molecule has 0 saturated carbocycles. The molecular weight excluding hydrogens is 272 g/mol. The van der Waals surface area contributed by atoms with Crippen molar-refractivity contribution >= 4 is 0 Å². The Morgan fingerprint density at radius 1 is 1.19 bits per heavy atom. The number of benzene rings is 1. The molecule has 1 aromatic carbocycles. The van der Waals surface area contributed by atoms with E-state index in [2.05, 4.69) is 24.2 Å². The summed E-state index contributed by atoms with van der Waals surface area (Å²) in [4.78, 5) is 2.36. The summed E-state index contributed by atoms with van der Waals surface area (Å²) in [6, 6.07) is 3.75. The Bertz CT molecular complexity index is 450. The number of nitrogens with zero attached hydrogens (tertiary/aromatic N) is 1. The van der Waals surface area contributed by atoms with Gasteiger partial charge in [0.2, 0.25) is 0 Å². The average Bonchev–Trinajstić information content (AvgIpc) is 2.47. The maximum Gasteiger partial charge on any atom is 0.129 e. The fraction of sp³-hybridized carbons (Fsp3) is 0.625. The Kier molecular flexibility index (Phi) is 5.30. The van der Waals surface area contributed by atoms with Gasteiger partial charge in [-0.3, -0.25) is 16.2 Å². The Hall–Kier alpha value is -1.04. The summed E-state index contributed by atoms with van der Waals surface area (Å²) in [6.07, 6.45) is 3.80. The van der Waals surface area contributed by atoms with E-state index in [0.29, 0.717) is 0 Å². The molecule has 3 N–H and O–H groups in total. The predicted octanol–water partition coefficient (Wildman–Crippen LogP) is 2.60. The first-order chi connectivity index (χ1) is 9.96. The molecule has 0 amide bonds. The highest BCUT2D eigenvalue weighted by atomic mass is 19.1. The largest absolute Gasteiger partial charge is 0.297 e. The van der Waals surface area contributed by atoms with Crippen molar-refractivity contribution in [1.82, 2.24) is 10.3 Å². The fourth-order valence-corrected chi connectivity index (χ4v) is 3.13. The molecule has 5 heteroatoms. The number of hydrogen-bond acceptors (Lipinski definition) is 3. The molecule has 3 nitrogen and oxygen atoms in total. The zero-order valence-corrected chi connectivity index (χ0v) is 12.8. The van der Waals surface area contributed by atoms with Crippen molar-refractivity contribution in [3.63, 3.8) is 0 Å². The summed E-state index contributed by atoms with van der Waals surface area (Å²) < 4.78 is 27.7. The standard InChI is InChI=1S/C16H25F2N3/c1-16(2,21-9-4-3-5-10-21)15(20-19)11-12-13(17)7-6-8-14(12)18/h6-8,15,20H,3-5,9-11,19H2,1-2H3. The lowest BCUT2D eigenvalue weighted by molar-refractivity contribution is 0.0606. The zero-order chi connectivity index (χ0) is 15.5. The van der Waals surface area contributed by atoms with Crippen LogP contribution < -0.4 is 11.3 Å². The number of halogens is 2. The SMILES string of the molecule is CC(C)(C(Cc1c(F)cccc1F)NN)N1CCCCC1. The number of hydrazine groups is 1. The van der Waals surface area contributed by atoms with E-state index in [0.717, 1.165) is 25.9 Å². The second kappa shape index (κ2) is 6.81. The highest BCUT2D eigenvalue weighted by molar-refractivity contribution is 5.21. The number of nitrogens with two attached hydrogens (primary N) is 1. The van der Waals surface area contributed by atoms with Gasteiger partial charge in [0.1, 0.15) is 11.6 Å². The Morgan fingerprint density at radius 2 is 1.76 bits per heavy atom. The molecular formula is C16H25F2N3. The summed E-state index contributed by atoms with van der Waals surface area (Å²) in [6.45, 7) is 6.18. The number of likely N-dealkylation sites (tertiary alicyclic amines) is 1. The fourth-order valence-electron chi connectivity index (χ4n) is 3.13. The molecule has 0 radical (unpaired) electrons. The maximum atomic E-state index is 13.9. The van der Waals surface area contributed by atoms with Gasteiger partial charge in [-0.15, -0.1) is 0 Å². The Balaban J connectivity index is 2.18. The number of piperidine rings is 1. The summed E-state index contributed by atoms with van der Waals surface area (Å²) in [5.74, 6) is 4.67. The van der Waals surface area contributed by atoms with E-state index in [4.69, 9.17) is 5.84 Å². The molecule has 0 spiro atoms. The van der Waals surface area contributed by atoms with Crippen molar-refractivity contribution in [3.05, 3.63) is 35.4 Å². The van der Waals surface area contributed by atoms with Crippen molar-refractivity contribution in [2.45, 2.75) is 51.1 Å². The minimum absolute atomic E-state index is 0.102. The van der Waals surface area contributed by atoms with Gasteiger partial charge in [0.25, 0.3) is 0 Å². The predicted molar refractivity (Wildman–Crippen MR) is 80.7 cm³/mol. The molecule has 0 aliphatic carbocycles. The molecule has 1 unspecified atom stereocenters. The molecule has 1 aliphatic rings. The van der Waals surface area contributed by atoms with Crippen LogP contribution in [0.3, 0.4) is 0 Å². The molecule has 1 atom stereocenters. The van der Waals surface area contributed by atoms with Gasteiger partial charge in [-0.1, -0.05) is 12.5 Å². The lowest BCUT2D eigenvalue weighted by Gasteiger charge is -2.45. The van der Waals surface area contributed by atoms with E-state index < -0.39 is 11.6 Å². The van der Waals surface area contributed by atoms with Crippen molar-refractivity contribution in [2.75, 3.05) is 13.1 Å². The van der Waals surface area contributed by atoms with Crippen LogP contribution >= 0.6 is 0 Å². The first-order valence-electron chi connectivity index (χ1n) is 7.61. The van der Waals surface area contributed by atoms with E-state index in [1.807, 2.05) is 0 Å². The normalized spacial score (nSPS) is 18.7. The van der Waals surface area contributed by atoms with Crippen LogP contribution in [0.25, 0.3) is 0 Å². The average molecular weight is 297 g/mol. The highest BCUT2D eigenvalue weighted by Gasteiger charge is 2.36. The second-order valence-electron chi connectivity index (χ2n) is 6.32. The highest BCUT2D eigenvalue weighted by Crippen LogP contribution is 2.26. The van der Waals surface area contributed by atoms with E-state index >= 15 is 0 Å². The van der Waals surface area contributed by atoms with Crippen molar-refractivity contribution in [1.29, 1.82) is 0 Å². The van der Waals surface area contributed by atoms with Crippen LogP contribution in [0.2, 0.25) is 0 Å². The topological polar surface area (TPSA) is 41.3 Å². The van der Waals surface area contributed by atoms with Crippen LogP contribution in [0.5, 0.6) is 0 Å². The van der Waals surface area contributed by atoms with Gasteiger partial charge in [-0.25, -0.2) is 8.78 Å². The lowest BCUT2D eigenvalue weighted by Crippen LogP contribution is -2.61. The van der Waals surface area contributed by atoms with Crippen molar-refractivity contribution < 1.29 is 8.78 Å². The quantitative estimate of drug-likeness (QED) is 0.648. The minimum atomic E-state index is -0.510. The van der Waals surface area contributed by atoms with Gasteiger partial charge in [-0.2, -0.15) is 0 Å². The van der Waals surface area contributed by atoms with E-state index in [1.54, 1.807) is 0 Å². The van der Waals surface area contributed by atoms with E-state index in [-0.39, 0.29) is 23.6 Å². The molecule has 1 heterocycles. The molecule has 1 fully saturated rings. The molecule has 1 aliphatic heterocycles. The van der Waals surface area contributed by atoms with E-state index in [9.17, 15) is 8.78 Å². The number of hydrogen-bond donors (Lipinski definition) is 2. The lowest BCUT2D eigenvalue weighted by atomic mass is 9.86. The van der Waals surface area contributed by atoms with Crippen LogP contribution in [0, 0.1) is 11.6 Å². The molecule has 0 bridgehead atoms. The first kappa shape index (κ1) is 16.3. The molecule has 1 saturated heterocycles. The van der Waals surface area contributed by atoms with Crippen molar-refractivity contribution in [3.8, 4) is 0 Å². The summed E-state index contributed by atoms with van der Waals surface area (Å²) in [5.41, 5.74) is 2.61. The minimum Gasteiger partial charge on any atom is -0.297 e. The van der Waals surface area contributed by atoms with Gasteiger partial charge in [0.05, 0.1) is 0 Å². The third kappa shape index (κ3) is 3.59. The summed E-state index contributed by atoms with van der Waals surface area (Å²) in [7, 11) is 0. The van der Waals surface area contributed by atoms with Crippen LogP contribution in [0.4, 0.5) is 8.78 Å². The van der Waals surface area contributed by atoms with Gasteiger partial charge < -0.3 is 0 Å². The van der Waals surface area contributed by atoms with Crippen LogP contribution in [-0.2, 0) is 6.42 Å². The third-order valence-electron chi connectivity index (χ3n) is 4.69. The number of rotatable bonds is 5. The van der Waals surface area contributed by atoms with Crippen LogP contribution in [0.15, 0.2) is 18.2 Å². The Labute approximate surface area is 125 Å². The maximum absolute atomic E-state index is 13.9. The molecule has 21 heavy (non-hydrogen) atoms. The van der Waals surface area contributed by atoms with Crippen LogP contribution in [-0.4, -0.2) is 29.6 Å². The second-order valence-corrected chi connectivity index (χ2v) is 6.32. The molecule has 118 valence electrons. The summed E-state index contributed by atoms with van der Waals surface area (Å²) >= 11 is 0. The van der Waals surface area contributed by atoms with Gasteiger partial charge in [0, 0.05) is 17.1 Å². The third-order valence-corrected chi connectivity index (χ3v) is 4.69. The molecule has 2 rings (SSSR count). The molecule has 0 aromatic heterocycles. The van der Waals surface area contributed by atoms with Gasteiger partial charge in [-0.05, 0) is 58.3 Å². The van der Waals surface area contributed by atoms with Crippen molar-refractivity contribution in [2.24, 2.45) is 5.84 Å². The number of nitrogens with one attached hydrogen (secondary N) is 1. The summed E-state index contributed by atoms with van der Waals surface area (Å²) in [5, 5.41) is 0. The zero-order valence-electron chi connectivity index (χ0n) is 12.8. The molecule has 1 aromatic rings. The van der Waals surface area contributed by atoms with Gasteiger partial charge >= 0.3 is 0 Å².